The second-order valence-electron chi connectivity index (χ2n) is 4.80. The minimum atomic E-state index is -0.942. The number of anilines is 1. The summed E-state index contributed by atoms with van der Waals surface area (Å²) in [6.07, 6.45) is 5.17. The number of hydrogen-bond acceptors (Lipinski definition) is 3. The van der Waals surface area contributed by atoms with Gasteiger partial charge in [0, 0.05) is 36.4 Å². The first-order valence-corrected chi connectivity index (χ1v) is 7.37. The molecule has 1 aromatic carbocycles. The van der Waals surface area contributed by atoms with Crippen LogP contribution in [0.2, 0.25) is 0 Å². The van der Waals surface area contributed by atoms with Crippen molar-refractivity contribution in [3.63, 3.8) is 0 Å². The number of halogens is 1. The van der Waals surface area contributed by atoms with E-state index in [4.69, 9.17) is 9.84 Å². The topological polar surface area (TPSA) is 49.8 Å². The zero-order valence-electron chi connectivity index (χ0n) is 11.4. The Bertz CT molecular complexity index is 508. The molecule has 5 heteroatoms. The Labute approximate surface area is 127 Å². The highest BCUT2D eigenvalue weighted by Gasteiger charge is 2.19. The predicted molar refractivity (Wildman–Crippen MR) is 83.1 cm³/mol. The van der Waals surface area contributed by atoms with Gasteiger partial charge in [0.05, 0.1) is 6.10 Å². The van der Waals surface area contributed by atoms with Crippen LogP contribution in [0.15, 0.2) is 28.7 Å². The molecule has 0 aromatic heterocycles. The van der Waals surface area contributed by atoms with Gasteiger partial charge in [0.25, 0.3) is 0 Å². The van der Waals surface area contributed by atoms with Gasteiger partial charge in [0.15, 0.2) is 0 Å². The quantitative estimate of drug-likeness (QED) is 0.856. The SMILES string of the molecule is COC1CCN(c2ccc(/C=C/C(=O)O)c(Br)c2)CC1. The molecule has 1 fully saturated rings. The molecule has 0 bridgehead atoms. The number of ether oxygens (including phenoxy) is 1. The molecule has 1 N–H and O–H groups in total. The fourth-order valence-electron chi connectivity index (χ4n) is 2.36. The van der Waals surface area contributed by atoms with Crippen LogP contribution in [0, 0.1) is 0 Å². The number of carbonyl (C=O) groups is 1. The zero-order chi connectivity index (χ0) is 14.5. The van der Waals surface area contributed by atoms with Crippen molar-refractivity contribution in [1.29, 1.82) is 0 Å². The molecule has 1 aliphatic rings. The smallest absolute Gasteiger partial charge is 0.328 e. The summed E-state index contributed by atoms with van der Waals surface area (Å²) in [4.78, 5) is 12.9. The van der Waals surface area contributed by atoms with E-state index in [2.05, 4.69) is 20.8 Å². The van der Waals surface area contributed by atoms with E-state index in [0.29, 0.717) is 6.10 Å². The van der Waals surface area contributed by atoms with E-state index in [1.807, 2.05) is 18.2 Å². The maximum Gasteiger partial charge on any atom is 0.328 e. The van der Waals surface area contributed by atoms with Crippen molar-refractivity contribution >= 4 is 33.7 Å². The van der Waals surface area contributed by atoms with Crippen molar-refractivity contribution in [2.45, 2.75) is 18.9 Å². The third-order valence-corrected chi connectivity index (χ3v) is 4.22. The number of carboxylic acid groups (broad SMARTS) is 1. The van der Waals surface area contributed by atoms with Crippen LogP contribution >= 0.6 is 15.9 Å². The molecule has 1 aliphatic heterocycles. The van der Waals surface area contributed by atoms with E-state index in [1.54, 1.807) is 13.2 Å². The fourth-order valence-corrected chi connectivity index (χ4v) is 2.86. The average Bonchev–Trinajstić information content (AvgIpc) is 2.46. The van der Waals surface area contributed by atoms with Gasteiger partial charge in [-0.15, -0.1) is 0 Å². The van der Waals surface area contributed by atoms with Crippen LogP contribution in [0.3, 0.4) is 0 Å². The lowest BCUT2D eigenvalue weighted by Gasteiger charge is -2.33. The fraction of sp³-hybridized carbons (Fsp3) is 0.400. The van der Waals surface area contributed by atoms with Gasteiger partial charge in [0.2, 0.25) is 0 Å². The van der Waals surface area contributed by atoms with Crippen LogP contribution in [0.4, 0.5) is 5.69 Å². The lowest BCUT2D eigenvalue weighted by Crippen LogP contribution is -2.36. The molecule has 0 saturated carbocycles. The Morgan fingerprint density at radius 3 is 2.70 bits per heavy atom. The van der Waals surface area contributed by atoms with Gasteiger partial charge in [-0.3, -0.25) is 0 Å². The molecule has 1 aromatic rings. The summed E-state index contributed by atoms with van der Waals surface area (Å²) in [5, 5.41) is 8.65. The second kappa shape index (κ2) is 6.90. The molecule has 0 aliphatic carbocycles. The van der Waals surface area contributed by atoms with Gasteiger partial charge < -0.3 is 14.7 Å². The van der Waals surface area contributed by atoms with E-state index in [0.717, 1.165) is 47.7 Å². The molecule has 0 amide bonds. The number of rotatable bonds is 4. The molecule has 4 nitrogen and oxygen atoms in total. The third-order valence-electron chi connectivity index (χ3n) is 3.53. The predicted octanol–water partition coefficient (Wildman–Crippen LogP) is 3.16. The molecule has 2 rings (SSSR count). The van der Waals surface area contributed by atoms with E-state index in [9.17, 15) is 4.79 Å². The summed E-state index contributed by atoms with van der Waals surface area (Å²) < 4.78 is 6.28. The van der Waals surface area contributed by atoms with Crippen LogP contribution in [0.1, 0.15) is 18.4 Å². The zero-order valence-corrected chi connectivity index (χ0v) is 13.0. The minimum Gasteiger partial charge on any atom is -0.478 e. The van der Waals surface area contributed by atoms with Gasteiger partial charge in [-0.25, -0.2) is 4.79 Å². The van der Waals surface area contributed by atoms with E-state index < -0.39 is 5.97 Å². The lowest BCUT2D eigenvalue weighted by molar-refractivity contribution is -0.131. The molecule has 0 spiro atoms. The van der Waals surface area contributed by atoms with Gasteiger partial charge in [-0.2, -0.15) is 0 Å². The van der Waals surface area contributed by atoms with Crippen molar-refractivity contribution in [3.05, 3.63) is 34.3 Å². The molecule has 1 heterocycles. The van der Waals surface area contributed by atoms with Crippen LogP contribution < -0.4 is 4.90 Å². The van der Waals surface area contributed by atoms with E-state index in [-0.39, 0.29) is 0 Å². The summed E-state index contributed by atoms with van der Waals surface area (Å²) in [6, 6.07) is 6.00. The highest BCUT2D eigenvalue weighted by atomic mass is 79.9. The number of aliphatic carboxylic acids is 1. The van der Waals surface area contributed by atoms with Crippen LogP contribution in [0.25, 0.3) is 6.08 Å². The van der Waals surface area contributed by atoms with Crippen LogP contribution in [0.5, 0.6) is 0 Å². The number of methoxy groups -OCH3 is 1. The Morgan fingerprint density at radius 1 is 1.45 bits per heavy atom. The third kappa shape index (κ3) is 3.84. The average molecular weight is 340 g/mol. The molecular weight excluding hydrogens is 322 g/mol. The summed E-state index contributed by atoms with van der Waals surface area (Å²) in [6.45, 7) is 1.96. The summed E-state index contributed by atoms with van der Waals surface area (Å²) >= 11 is 3.49. The van der Waals surface area contributed by atoms with Gasteiger partial charge in [-0.05, 0) is 36.6 Å². The lowest BCUT2D eigenvalue weighted by atomic mass is 10.1. The second-order valence-corrected chi connectivity index (χ2v) is 5.65. The Morgan fingerprint density at radius 2 is 2.15 bits per heavy atom. The summed E-state index contributed by atoms with van der Waals surface area (Å²) in [7, 11) is 1.76. The van der Waals surface area contributed by atoms with Crippen molar-refractivity contribution < 1.29 is 14.6 Å². The van der Waals surface area contributed by atoms with Gasteiger partial charge in [0.1, 0.15) is 0 Å². The maximum atomic E-state index is 10.5. The minimum absolute atomic E-state index is 0.368. The molecule has 0 radical (unpaired) electrons. The first kappa shape index (κ1) is 15.1. The number of nitrogens with zero attached hydrogens (tertiary/aromatic N) is 1. The number of benzene rings is 1. The number of carboxylic acids is 1. The first-order valence-electron chi connectivity index (χ1n) is 6.58. The monoisotopic (exact) mass is 339 g/mol. The Kier molecular flexibility index (Phi) is 5.20. The van der Waals surface area contributed by atoms with Crippen molar-refractivity contribution in [2.24, 2.45) is 0 Å². The number of hydrogen-bond donors (Lipinski definition) is 1. The highest BCUT2D eigenvalue weighted by molar-refractivity contribution is 9.10. The summed E-state index contributed by atoms with van der Waals surface area (Å²) in [5.74, 6) is -0.942. The first-order chi connectivity index (χ1) is 9.60. The van der Waals surface area contributed by atoms with Crippen molar-refractivity contribution in [2.75, 3.05) is 25.1 Å². The van der Waals surface area contributed by atoms with Crippen molar-refractivity contribution in [3.8, 4) is 0 Å². The highest BCUT2D eigenvalue weighted by Crippen LogP contribution is 2.27. The maximum absolute atomic E-state index is 10.5. The summed E-state index contributed by atoms with van der Waals surface area (Å²) in [5.41, 5.74) is 2.02. The van der Waals surface area contributed by atoms with Crippen molar-refractivity contribution in [1.82, 2.24) is 0 Å². The Hall–Kier alpha value is -1.33. The largest absolute Gasteiger partial charge is 0.478 e. The van der Waals surface area contributed by atoms with Gasteiger partial charge >= 0.3 is 5.97 Å². The van der Waals surface area contributed by atoms with E-state index in [1.165, 1.54) is 0 Å². The number of piperidine rings is 1. The molecule has 0 atom stereocenters. The van der Waals surface area contributed by atoms with Gasteiger partial charge in [-0.1, -0.05) is 22.0 Å². The Balaban J connectivity index is 2.07. The standard InChI is InChI=1S/C15H18BrNO3/c1-20-13-6-8-17(9-7-13)12-4-2-11(14(16)10-12)3-5-15(18)19/h2-5,10,13H,6-9H2,1H3,(H,18,19)/b5-3+. The van der Waals surface area contributed by atoms with E-state index >= 15 is 0 Å². The van der Waals surface area contributed by atoms with Crippen LogP contribution in [-0.2, 0) is 9.53 Å². The molecular formula is C15H18BrNO3. The molecule has 1 saturated heterocycles. The normalized spacial score (nSPS) is 16.8. The van der Waals surface area contributed by atoms with Crippen LogP contribution in [-0.4, -0.2) is 37.4 Å². The molecule has 108 valence electrons. The molecule has 20 heavy (non-hydrogen) atoms. The molecule has 0 unspecified atom stereocenters.